The Morgan fingerprint density at radius 3 is 2.24 bits per heavy atom. The van der Waals surface area contributed by atoms with Gasteiger partial charge in [-0.1, -0.05) is 72.8 Å². The second kappa shape index (κ2) is 13.9. The molecule has 1 saturated carbocycles. The third kappa shape index (κ3) is 6.65. The summed E-state index contributed by atoms with van der Waals surface area (Å²) in [5, 5.41) is 0. The van der Waals surface area contributed by atoms with E-state index in [9.17, 15) is 9.59 Å². The van der Waals surface area contributed by atoms with E-state index in [-0.39, 0.29) is 41.7 Å². The van der Waals surface area contributed by atoms with Crippen LogP contribution in [0.4, 0.5) is 8.78 Å². The normalized spacial score (nSPS) is 18.7. The van der Waals surface area contributed by atoms with Crippen LogP contribution in [0.3, 0.4) is 0 Å². The van der Waals surface area contributed by atoms with Gasteiger partial charge in [0.25, 0.3) is 5.92 Å². The molecule has 11 heteroatoms. The lowest BCUT2D eigenvalue weighted by Crippen LogP contribution is -2.53. The molecule has 0 atom stereocenters. The molecule has 50 heavy (non-hydrogen) atoms. The van der Waals surface area contributed by atoms with Gasteiger partial charge in [-0.25, -0.2) is 4.79 Å². The van der Waals surface area contributed by atoms with Crippen LogP contribution in [0.15, 0.2) is 102 Å². The number of ether oxygens (including phenoxy) is 3. The number of hydrogen-bond acceptors (Lipinski definition) is 7. The number of esters is 1. The van der Waals surface area contributed by atoms with Crippen molar-refractivity contribution in [3.05, 3.63) is 124 Å². The molecule has 1 fully saturated rings. The molecule has 2 aromatic heterocycles. The first-order valence-corrected chi connectivity index (χ1v) is 16.8. The fraction of sp³-hybridized carbons (Fsp3) is 0.308. The quantitative estimate of drug-likeness (QED) is 0.146. The Balaban J connectivity index is 1.18. The van der Waals surface area contributed by atoms with Gasteiger partial charge in [-0.15, -0.1) is 0 Å². The van der Waals surface area contributed by atoms with E-state index in [2.05, 4.69) is 4.98 Å². The van der Waals surface area contributed by atoms with E-state index in [0.717, 1.165) is 11.1 Å². The number of carbonyl (C=O) groups is 1. The maximum absolute atomic E-state index is 15.7. The SMILES string of the molecule is CCOC(=O)C1CC(N2CC=C(c3ccc4c(c3)n(C)c(=O)n4-c3ccc(OCc4ccccc4)nc3OCc3ccccc3)C(F)(F)C2)C1. The minimum atomic E-state index is -3.12. The monoisotopic (exact) mass is 680 g/mol. The molecule has 1 aliphatic carbocycles. The molecule has 3 aromatic carbocycles. The Bertz CT molecular complexity index is 2090. The number of aryl methyl sites for hydroxylation is 1. The lowest BCUT2D eigenvalue weighted by atomic mass is 9.78. The summed E-state index contributed by atoms with van der Waals surface area (Å²) >= 11 is 0. The van der Waals surface area contributed by atoms with Crippen LogP contribution >= 0.6 is 0 Å². The highest BCUT2D eigenvalue weighted by molar-refractivity contribution is 5.85. The zero-order valence-corrected chi connectivity index (χ0v) is 27.9. The van der Waals surface area contributed by atoms with Crippen LogP contribution in [0.25, 0.3) is 22.3 Å². The Hall–Kier alpha value is -5.29. The van der Waals surface area contributed by atoms with Crippen molar-refractivity contribution in [1.29, 1.82) is 0 Å². The first kappa shape index (κ1) is 33.2. The number of halogens is 2. The molecule has 2 aliphatic rings. The van der Waals surface area contributed by atoms with Gasteiger partial charge in [-0.05, 0) is 54.7 Å². The van der Waals surface area contributed by atoms with Crippen LogP contribution in [-0.2, 0) is 29.8 Å². The van der Waals surface area contributed by atoms with Gasteiger partial charge in [0.05, 0.1) is 30.1 Å². The zero-order valence-electron chi connectivity index (χ0n) is 27.9. The van der Waals surface area contributed by atoms with Crippen LogP contribution < -0.4 is 15.2 Å². The lowest BCUT2D eigenvalue weighted by molar-refractivity contribution is -0.154. The van der Waals surface area contributed by atoms with Crippen molar-refractivity contribution in [2.24, 2.45) is 13.0 Å². The summed E-state index contributed by atoms with van der Waals surface area (Å²) in [6.45, 7) is 2.47. The van der Waals surface area contributed by atoms with Gasteiger partial charge in [0, 0.05) is 31.3 Å². The number of carbonyl (C=O) groups excluding carboxylic acids is 1. The van der Waals surface area contributed by atoms with Crippen molar-refractivity contribution in [2.75, 3.05) is 19.7 Å². The topological polar surface area (TPSA) is 87.8 Å². The molecule has 0 radical (unpaired) electrons. The molecule has 5 aromatic rings. The number of imidazole rings is 1. The number of alkyl halides is 2. The second-order valence-electron chi connectivity index (χ2n) is 12.7. The molecular formula is C39H38F2N4O5. The number of hydrogen-bond donors (Lipinski definition) is 0. The first-order valence-electron chi connectivity index (χ1n) is 16.8. The highest BCUT2D eigenvalue weighted by atomic mass is 19.3. The summed E-state index contributed by atoms with van der Waals surface area (Å²) < 4.78 is 51.6. The summed E-state index contributed by atoms with van der Waals surface area (Å²) in [6.07, 6.45) is 2.60. The Morgan fingerprint density at radius 2 is 1.58 bits per heavy atom. The van der Waals surface area contributed by atoms with Gasteiger partial charge in [0.2, 0.25) is 11.8 Å². The van der Waals surface area contributed by atoms with Crippen molar-refractivity contribution in [1.82, 2.24) is 19.0 Å². The molecule has 9 nitrogen and oxygen atoms in total. The third-order valence-electron chi connectivity index (χ3n) is 9.45. The molecular weight excluding hydrogens is 642 g/mol. The summed E-state index contributed by atoms with van der Waals surface area (Å²) in [6, 6.07) is 27.6. The molecule has 0 saturated heterocycles. The predicted octanol–water partition coefficient (Wildman–Crippen LogP) is 6.56. The lowest BCUT2D eigenvalue weighted by Gasteiger charge is -2.44. The van der Waals surface area contributed by atoms with E-state index >= 15 is 8.78 Å². The molecule has 258 valence electrons. The number of pyridine rings is 1. The number of aromatic nitrogens is 3. The largest absolute Gasteiger partial charge is 0.473 e. The highest BCUT2D eigenvalue weighted by Crippen LogP contribution is 2.41. The van der Waals surface area contributed by atoms with E-state index in [0.29, 0.717) is 60.8 Å². The average Bonchev–Trinajstić information content (AvgIpc) is 3.34. The minimum absolute atomic E-state index is 0.0782. The number of benzene rings is 3. The molecule has 0 N–H and O–H groups in total. The van der Waals surface area contributed by atoms with Crippen molar-refractivity contribution in [3.63, 3.8) is 0 Å². The fourth-order valence-corrected chi connectivity index (χ4v) is 6.68. The second-order valence-corrected chi connectivity index (χ2v) is 12.7. The van der Waals surface area contributed by atoms with Gasteiger partial charge >= 0.3 is 11.7 Å². The van der Waals surface area contributed by atoms with Crippen LogP contribution in [0.2, 0.25) is 0 Å². The minimum Gasteiger partial charge on any atom is -0.473 e. The Morgan fingerprint density at radius 1 is 0.900 bits per heavy atom. The maximum atomic E-state index is 15.7. The molecule has 0 spiro atoms. The van der Waals surface area contributed by atoms with Crippen LogP contribution in [0, 0.1) is 5.92 Å². The smallest absolute Gasteiger partial charge is 0.333 e. The maximum Gasteiger partial charge on any atom is 0.333 e. The number of nitrogens with zero attached hydrogens (tertiary/aromatic N) is 4. The van der Waals surface area contributed by atoms with Gasteiger partial charge in [-0.2, -0.15) is 13.8 Å². The van der Waals surface area contributed by atoms with Gasteiger partial charge in [0.15, 0.2) is 0 Å². The van der Waals surface area contributed by atoms with Crippen LogP contribution in [-0.4, -0.2) is 56.6 Å². The summed E-state index contributed by atoms with van der Waals surface area (Å²) in [4.78, 5) is 32.2. The van der Waals surface area contributed by atoms with Crippen molar-refractivity contribution in [2.45, 2.75) is 44.9 Å². The zero-order chi connectivity index (χ0) is 34.8. The standard InChI is InChI=1S/C39H38F2N4O5/c1-3-48-37(46)29-20-30(21-29)44-19-18-31(39(40,41)25-44)28-14-15-32-34(22-28)43(2)38(47)45(32)33-16-17-35(49-23-26-10-6-4-7-11-26)42-36(33)50-24-27-12-8-5-9-13-27/h4-18,22,29-30H,3,19-21,23-25H2,1-2H3. The fourth-order valence-electron chi connectivity index (χ4n) is 6.68. The molecule has 0 bridgehead atoms. The van der Waals surface area contributed by atoms with E-state index in [1.807, 2.05) is 60.7 Å². The Kier molecular flexibility index (Phi) is 9.24. The molecule has 7 rings (SSSR count). The molecule has 1 aliphatic heterocycles. The Labute approximate surface area is 288 Å². The summed E-state index contributed by atoms with van der Waals surface area (Å²) in [7, 11) is 1.62. The number of rotatable bonds is 11. The van der Waals surface area contributed by atoms with Crippen molar-refractivity contribution in [3.8, 4) is 17.4 Å². The summed E-state index contributed by atoms with van der Waals surface area (Å²) in [5.74, 6) is -3.09. The predicted molar refractivity (Wildman–Crippen MR) is 186 cm³/mol. The highest BCUT2D eigenvalue weighted by Gasteiger charge is 2.46. The first-order chi connectivity index (χ1) is 24.2. The van der Waals surface area contributed by atoms with Crippen LogP contribution in [0.5, 0.6) is 11.8 Å². The van der Waals surface area contributed by atoms with Crippen molar-refractivity contribution >= 4 is 22.6 Å². The van der Waals surface area contributed by atoms with Gasteiger partial charge in [0.1, 0.15) is 18.9 Å². The molecule has 3 heterocycles. The van der Waals surface area contributed by atoms with Gasteiger partial charge < -0.3 is 14.2 Å². The van der Waals surface area contributed by atoms with Gasteiger partial charge in [-0.3, -0.25) is 18.8 Å². The molecule has 0 amide bonds. The average molecular weight is 681 g/mol. The van der Waals surface area contributed by atoms with Crippen LogP contribution in [0.1, 0.15) is 36.5 Å². The van der Waals surface area contributed by atoms with E-state index in [1.54, 1.807) is 55.3 Å². The number of fused-ring (bicyclic) bond motifs is 1. The molecule has 0 unspecified atom stereocenters. The summed E-state index contributed by atoms with van der Waals surface area (Å²) in [5.41, 5.74) is 3.19. The van der Waals surface area contributed by atoms with E-state index in [1.165, 1.54) is 9.13 Å². The van der Waals surface area contributed by atoms with E-state index < -0.39 is 12.5 Å². The van der Waals surface area contributed by atoms with E-state index in [4.69, 9.17) is 14.2 Å². The van der Waals surface area contributed by atoms with Crippen molar-refractivity contribution < 1.29 is 27.8 Å². The third-order valence-corrected chi connectivity index (χ3v) is 9.45.